The summed E-state index contributed by atoms with van der Waals surface area (Å²) in [7, 11) is -3.49. The Morgan fingerprint density at radius 3 is 2.62 bits per heavy atom. The molecule has 0 radical (unpaired) electrons. The molecule has 0 aliphatic heterocycles. The van der Waals surface area contributed by atoms with Crippen LogP contribution in [-0.2, 0) is 10.0 Å². The van der Waals surface area contributed by atoms with Crippen LogP contribution >= 0.6 is 0 Å². The molecule has 1 fully saturated rings. The molecule has 118 valence electrons. The van der Waals surface area contributed by atoms with Crippen LogP contribution < -0.4 is 10.0 Å². The minimum Gasteiger partial charge on any atom is -0.384 e. The molecule has 21 heavy (non-hydrogen) atoms. The first-order valence-electron chi connectivity index (χ1n) is 7.72. The molecule has 5 heteroatoms. The van der Waals surface area contributed by atoms with Gasteiger partial charge in [-0.1, -0.05) is 39.3 Å². The van der Waals surface area contributed by atoms with E-state index >= 15 is 0 Å². The molecule has 2 N–H and O–H groups in total. The fourth-order valence-electron chi connectivity index (χ4n) is 2.90. The number of anilines is 1. The molecule has 0 amide bonds. The Labute approximate surface area is 128 Å². The van der Waals surface area contributed by atoms with E-state index in [0.717, 1.165) is 32.2 Å². The van der Waals surface area contributed by atoms with Crippen molar-refractivity contribution >= 4 is 15.7 Å². The van der Waals surface area contributed by atoms with Crippen LogP contribution in [0, 0.1) is 5.41 Å². The maximum Gasteiger partial charge on any atom is 0.242 e. The van der Waals surface area contributed by atoms with Gasteiger partial charge in [0.1, 0.15) is 4.90 Å². The van der Waals surface area contributed by atoms with Gasteiger partial charge in [0.05, 0.1) is 5.69 Å². The van der Waals surface area contributed by atoms with E-state index < -0.39 is 10.0 Å². The Hall–Kier alpha value is -1.07. The van der Waals surface area contributed by atoms with E-state index in [1.807, 2.05) is 12.1 Å². The molecular weight excluding hydrogens is 284 g/mol. The Morgan fingerprint density at radius 1 is 1.29 bits per heavy atom. The third kappa shape index (κ3) is 3.77. The lowest BCUT2D eigenvalue weighted by Gasteiger charge is -2.28. The second-order valence-corrected chi connectivity index (χ2v) is 8.16. The van der Waals surface area contributed by atoms with Crippen LogP contribution in [0.15, 0.2) is 29.2 Å². The van der Waals surface area contributed by atoms with Crippen molar-refractivity contribution in [2.45, 2.75) is 57.4 Å². The van der Waals surface area contributed by atoms with Crippen molar-refractivity contribution in [2.75, 3.05) is 11.9 Å². The van der Waals surface area contributed by atoms with Gasteiger partial charge in [0.25, 0.3) is 0 Å². The molecule has 0 spiro atoms. The minimum atomic E-state index is -3.49. The zero-order valence-electron chi connectivity index (χ0n) is 13.1. The summed E-state index contributed by atoms with van der Waals surface area (Å²) in [5, 5.41) is 3.20. The minimum absolute atomic E-state index is 0.0155. The van der Waals surface area contributed by atoms with Gasteiger partial charge in [-0.25, -0.2) is 13.1 Å². The highest BCUT2D eigenvalue weighted by atomic mass is 32.2. The summed E-state index contributed by atoms with van der Waals surface area (Å²) in [5.41, 5.74) is 0.710. The Kier molecular flexibility index (Phi) is 4.94. The number of hydrogen-bond acceptors (Lipinski definition) is 3. The number of hydrogen-bond donors (Lipinski definition) is 2. The van der Waals surface area contributed by atoms with Gasteiger partial charge in [-0.15, -0.1) is 0 Å². The van der Waals surface area contributed by atoms with Crippen molar-refractivity contribution in [3.05, 3.63) is 24.3 Å². The molecule has 1 aliphatic rings. The van der Waals surface area contributed by atoms with Gasteiger partial charge in [-0.2, -0.15) is 0 Å². The molecule has 0 bridgehead atoms. The molecule has 4 nitrogen and oxygen atoms in total. The predicted octanol–water partition coefficient (Wildman–Crippen LogP) is 3.37. The van der Waals surface area contributed by atoms with E-state index in [1.165, 1.54) is 0 Å². The number of nitrogens with one attached hydrogen (secondary N) is 2. The lowest BCUT2D eigenvalue weighted by molar-refractivity contribution is 0.313. The van der Waals surface area contributed by atoms with E-state index in [2.05, 4.69) is 30.8 Å². The number of rotatable bonds is 6. The van der Waals surface area contributed by atoms with Crippen LogP contribution in [0.4, 0.5) is 5.69 Å². The summed E-state index contributed by atoms with van der Waals surface area (Å²) in [6.45, 7) is 7.09. The topological polar surface area (TPSA) is 58.2 Å². The van der Waals surface area contributed by atoms with Crippen LogP contribution in [0.25, 0.3) is 0 Å². The average Bonchev–Trinajstić information content (AvgIpc) is 2.75. The molecule has 1 unspecified atom stereocenters. The van der Waals surface area contributed by atoms with Gasteiger partial charge >= 0.3 is 0 Å². The molecule has 0 saturated heterocycles. The fraction of sp³-hybridized carbons (Fsp3) is 0.625. The van der Waals surface area contributed by atoms with E-state index in [9.17, 15) is 8.42 Å². The van der Waals surface area contributed by atoms with E-state index in [1.54, 1.807) is 12.1 Å². The summed E-state index contributed by atoms with van der Waals surface area (Å²) in [5.74, 6) is 0. The quantitative estimate of drug-likeness (QED) is 0.847. The Bertz CT molecular complexity index is 582. The lowest BCUT2D eigenvalue weighted by atomic mass is 9.88. The van der Waals surface area contributed by atoms with Crippen LogP contribution in [-0.4, -0.2) is 21.0 Å². The van der Waals surface area contributed by atoms with Crippen LogP contribution in [0.1, 0.15) is 46.5 Å². The number of para-hydroxylation sites is 1. The molecule has 0 heterocycles. The normalized spacial score (nSPS) is 21.4. The molecule has 0 aromatic heterocycles. The molecule has 1 atom stereocenters. The molecule has 1 saturated carbocycles. The first-order chi connectivity index (χ1) is 9.87. The molecule has 2 rings (SSSR count). The lowest BCUT2D eigenvalue weighted by Crippen LogP contribution is -2.41. The zero-order valence-corrected chi connectivity index (χ0v) is 14.0. The van der Waals surface area contributed by atoms with Gasteiger partial charge < -0.3 is 5.32 Å². The third-order valence-electron chi connectivity index (χ3n) is 4.30. The first-order valence-corrected chi connectivity index (χ1v) is 9.20. The summed E-state index contributed by atoms with van der Waals surface area (Å²) < 4.78 is 28.3. The van der Waals surface area contributed by atoms with Gasteiger partial charge in [0, 0.05) is 12.6 Å². The van der Waals surface area contributed by atoms with Crippen molar-refractivity contribution in [2.24, 2.45) is 5.41 Å². The summed E-state index contributed by atoms with van der Waals surface area (Å²) in [6.07, 6.45) is 4.01. The first kappa shape index (κ1) is 16.3. The largest absolute Gasteiger partial charge is 0.384 e. The van der Waals surface area contributed by atoms with Crippen LogP contribution in [0.2, 0.25) is 0 Å². The zero-order chi connectivity index (χ0) is 15.5. The van der Waals surface area contributed by atoms with Crippen molar-refractivity contribution in [1.29, 1.82) is 0 Å². The second-order valence-electron chi connectivity index (χ2n) is 6.48. The highest BCUT2D eigenvalue weighted by Crippen LogP contribution is 2.38. The second kappa shape index (κ2) is 6.36. The van der Waals surface area contributed by atoms with E-state index in [-0.39, 0.29) is 11.5 Å². The van der Waals surface area contributed by atoms with E-state index in [4.69, 9.17) is 0 Å². The van der Waals surface area contributed by atoms with Crippen molar-refractivity contribution in [1.82, 2.24) is 4.72 Å². The van der Waals surface area contributed by atoms with Crippen molar-refractivity contribution in [3.63, 3.8) is 0 Å². The highest BCUT2D eigenvalue weighted by molar-refractivity contribution is 7.89. The smallest absolute Gasteiger partial charge is 0.242 e. The molecule has 1 aliphatic carbocycles. The summed E-state index contributed by atoms with van der Waals surface area (Å²) in [4.78, 5) is 0.348. The maximum atomic E-state index is 12.7. The highest BCUT2D eigenvalue weighted by Gasteiger charge is 2.37. The fourth-order valence-corrected chi connectivity index (χ4v) is 4.53. The summed E-state index contributed by atoms with van der Waals surface area (Å²) >= 11 is 0. The van der Waals surface area contributed by atoms with Gasteiger partial charge in [-0.3, -0.25) is 0 Å². The molecule has 1 aromatic carbocycles. The molecular formula is C16H26N2O2S. The van der Waals surface area contributed by atoms with E-state index in [0.29, 0.717) is 10.6 Å². The maximum absolute atomic E-state index is 12.7. The predicted molar refractivity (Wildman–Crippen MR) is 87.0 cm³/mol. The molecule has 1 aromatic rings. The van der Waals surface area contributed by atoms with Crippen molar-refractivity contribution < 1.29 is 8.42 Å². The van der Waals surface area contributed by atoms with Crippen molar-refractivity contribution in [3.8, 4) is 0 Å². The van der Waals surface area contributed by atoms with Crippen LogP contribution in [0.5, 0.6) is 0 Å². The Balaban J connectivity index is 2.23. The van der Waals surface area contributed by atoms with Gasteiger partial charge in [0.2, 0.25) is 10.0 Å². The standard InChI is InChI=1S/C16H26N2O2S/c1-4-12-17-13-8-5-6-9-14(13)21(19,20)18-15-10-7-11-16(15,2)3/h5-6,8-9,15,17-18H,4,7,10-12H2,1-3H3. The summed E-state index contributed by atoms with van der Waals surface area (Å²) in [6, 6.07) is 7.13. The average molecular weight is 310 g/mol. The van der Waals surface area contributed by atoms with Gasteiger partial charge in [-0.05, 0) is 36.8 Å². The number of benzene rings is 1. The SMILES string of the molecule is CCCNc1ccccc1S(=O)(=O)NC1CCCC1(C)C. The third-order valence-corrected chi connectivity index (χ3v) is 5.83. The Morgan fingerprint density at radius 2 is 2.00 bits per heavy atom. The monoisotopic (exact) mass is 310 g/mol. The van der Waals surface area contributed by atoms with Gasteiger partial charge in [0.15, 0.2) is 0 Å². The number of sulfonamides is 1. The van der Waals surface area contributed by atoms with Crippen LogP contribution in [0.3, 0.4) is 0 Å².